The van der Waals surface area contributed by atoms with E-state index >= 15 is 0 Å². The standard InChI is InChI=1S/C43H58F4N6O5/c1-8-26(3)37(50-35(54)23-29-15-10-11-18-33(29)44)28(5)52-42(20-19-34-31(24-42)30-16-14-17-32(39(30)49-34)43(45,46)47)41(57)51-38(27(4)9-2)40(56)48-21-12-13-22-58-36(55)25-53(6)7/h10-11,14-18,26-27,37-38,49,52H,5,8-9,12-13,19-25H2,1-4,6-7H3,(H,48,56)(H,50,54)(H,51,57)/t26?,27?,37-,38-,42+/m0/s1. The molecule has 3 aromatic rings. The maximum Gasteiger partial charge on any atom is 0.418 e. The van der Waals surface area contributed by atoms with Crippen molar-refractivity contribution in [1.29, 1.82) is 0 Å². The number of H-pyrrole nitrogens is 1. The third kappa shape index (κ3) is 11.6. The molecule has 1 aromatic heterocycles. The van der Waals surface area contributed by atoms with Crippen LogP contribution < -0.4 is 21.3 Å². The summed E-state index contributed by atoms with van der Waals surface area (Å²) in [5.74, 6) is -2.77. The summed E-state index contributed by atoms with van der Waals surface area (Å²) in [4.78, 5) is 58.4. The topological polar surface area (TPSA) is 145 Å². The van der Waals surface area contributed by atoms with Gasteiger partial charge in [0.1, 0.15) is 17.4 Å². The van der Waals surface area contributed by atoms with Crippen LogP contribution in [0.4, 0.5) is 17.6 Å². The van der Waals surface area contributed by atoms with Gasteiger partial charge in [0.15, 0.2) is 0 Å². The first-order chi connectivity index (χ1) is 27.4. The van der Waals surface area contributed by atoms with E-state index in [9.17, 15) is 36.7 Å². The van der Waals surface area contributed by atoms with Crippen molar-refractivity contribution < 1.29 is 41.5 Å². The molecule has 0 radical (unpaired) electrons. The zero-order valence-electron chi connectivity index (χ0n) is 34.3. The molecule has 0 fully saturated rings. The van der Waals surface area contributed by atoms with Crippen molar-refractivity contribution in [3.8, 4) is 0 Å². The lowest BCUT2D eigenvalue weighted by molar-refractivity contribution is -0.144. The minimum atomic E-state index is -4.62. The number of benzene rings is 2. The van der Waals surface area contributed by atoms with E-state index in [1.807, 2.05) is 27.7 Å². The molecular formula is C43H58F4N6O5. The van der Waals surface area contributed by atoms with E-state index in [4.69, 9.17) is 4.74 Å². The van der Waals surface area contributed by atoms with Gasteiger partial charge in [-0.1, -0.05) is 77.4 Å². The van der Waals surface area contributed by atoms with Crippen molar-refractivity contribution in [3.63, 3.8) is 0 Å². The lowest BCUT2D eigenvalue weighted by Crippen LogP contribution is -2.64. The molecule has 58 heavy (non-hydrogen) atoms. The summed E-state index contributed by atoms with van der Waals surface area (Å²) in [6.07, 6.45) is -2.39. The van der Waals surface area contributed by atoms with Gasteiger partial charge < -0.3 is 31.0 Å². The van der Waals surface area contributed by atoms with Crippen LogP contribution in [0, 0.1) is 17.7 Å². The van der Waals surface area contributed by atoms with Crippen molar-refractivity contribution in [2.75, 3.05) is 33.8 Å². The van der Waals surface area contributed by atoms with Gasteiger partial charge in [0.25, 0.3) is 0 Å². The molecule has 1 aliphatic rings. The van der Waals surface area contributed by atoms with Crippen LogP contribution in [0.5, 0.6) is 0 Å². The number of fused-ring (bicyclic) bond motifs is 3. The number of esters is 1. The van der Waals surface area contributed by atoms with E-state index < -0.39 is 52.9 Å². The van der Waals surface area contributed by atoms with Crippen molar-refractivity contribution in [2.24, 2.45) is 11.8 Å². The maximum absolute atomic E-state index is 14.8. The third-order valence-electron chi connectivity index (χ3n) is 11.0. The number of halogens is 4. The number of unbranched alkanes of at least 4 members (excludes halogenated alkanes) is 1. The summed E-state index contributed by atoms with van der Waals surface area (Å²) in [7, 11) is 3.53. The van der Waals surface area contributed by atoms with Crippen molar-refractivity contribution in [1.82, 2.24) is 31.2 Å². The number of para-hydroxylation sites is 1. The zero-order chi connectivity index (χ0) is 42.8. The van der Waals surface area contributed by atoms with Gasteiger partial charge in [0.05, 0.1) is 36.7 Å². The molecule has 2 aromatic carbocycles. The number of ether oxygens (including phenoxy) is 1. The highest BCUT2D eigenvalue weighted by Crippen LogP contribution is 2.40. The Kier molecular flexibility index (Phi) is 15.9. The average molecular weight is 815 g/mol. The number of aryl methyl sites for hydroxylation is 1. The predicted octanol–water partition coefficient (Wildman–Crippen LogP) is 5.96. The molecule has 1 heterocycles. The Hall–Kier alpha value is -4.92. The number of nitrogens with one attached hydrogen (secondary N) is 5. The highest BCUT2D eigenvalue weighted by Gasteiger charge is 2.46. The number of hydrogen-bond donors (Lipinski definition) is 5. The number of likely N-dealkylation sites (N-methyl/N-ethyl adjacent to an activating group) is 1. The van der Waals surface area contributed by atoms with Crippen molar-refractivity contribution >= 4 is 34.6 Å². The molecule has 11 nitrogen and oxygen atoms in total. The molecule has 15 heteroatoms. The van der Waals surface area contributed by atoms with Crippen LogP contribution in [0.3, 0.4) is 0 Å². The van der Waals surface area contributed by atoms with Gasteiger partial charge in [-0.05, 0) is 74.9 Å². The van der Waals surface area contributed by atoms with Gasteiger partial charge in [-0.2, -0.15) is 13.2 Å². The van der Waals surface area contributed by atoms with Crippen molar-refractivity contribution in [3.05, 3.63) is 82.9 Å². The minimum absolute atomic E-state index is 0.0493. The Labute approximate surface area is 338 Å². The van der Waals surface area contributed by atoms with Crippen LogP contribution in [0.1, 0.15) is 82.2 Å². The van der Waals surface area contributed by atoms with Gasteiger partial charge in [-0.3, -0.25) is 24.1 Å². The molecule has 1 aliphatic carbocycles. The summed E-state index contributed by atoms with van der Waals surface area (Å²) in [6.45, 7) is 12.5. The summed E-state index contributed by atoms with van der Waals surface area (Å²) in [5.41, 5.74) is -0.782. The van der Waals surface area contributed by atoms with E-state index in [1.54, 1.807) is 31.1 Å². The Morgan fingerprint density at radius 2 is 1.66 bits per heavy atom. The Bertz CT molecular complexity index is 1930. The monoisotopic (exact) mass is 814 g/mol. The number of hydrogen-bond acceptors (Lipinski definition) is 7. The van der Waals surface area contributed by atoms with Crippen molar-refractivity contribution in [2.45, 2.75) is 103 Å². The molecular weight excluding hydrogens is 757 g/mol. The number of carbonyl (C=O) groups excluding carboxylic acids is 4. The fourth-order valence-electron chi connectivity index (χ4n) is 7.32. The molecule has 5 N–H and O–H groups in total. The Morgan fingerprint density at radius 3 is 2.31 bits per heavy atom. The number of carbonyl (C=O) groups is 4. The molecule has 0 saturated heterocycles. The number of alkyl halides is 3. The number of rotatable bonds is 20. The molecule has 3 amide bonds. The van der Waals surface area contributed by atoms with Gasteiger partial charge in [0, 0.05) is 29.7 Å². The first-order valence-electron chi connectivity index (χ1n) is 20.0. The summed E-state index contributed by atoms with van der Waals surface area (Å²) in [5, 5.41) is 12.5. The fourth-order valence-corrected chi connectivity index (χ4v) is 7.32. The normalized spacial score (nSPS) is 17.4. The van der Waals surface area contributed by atoms with Gasteiger partial charge in [0.2, 0.25) is 17.7 Å². The SMILES string of the molecule is C=C(N[C@]1(C(=O)N[C@H](C(=O)NCCCCOC(=O)CN(C)C)C(C)CC)CCc2[nH]c3c(C(F)(F)F)cccc3c2C1)[C@@H](NC(=O)Cc1ccccc1F)C(C)CC. The maximum atomic E-state index is 14.8. The second-order valence-electron chi connectivity index (χ2n) is 15.7. The lowest BCUT2D eigenvalue weighted by atomic mass is 9.77. The van der Waals surface area contributed by atoms with E-state index in [1.165, 1.54) is 24.3 Å². The third-order valence-corrected chi connectivity index (χ3v) is 11.0. The van der Waals surface area contributed by atoms with Crippen LogP contribution >= 0.6 is 0 Å². The van der Waals surface area contributed by atoms with Crippen LogP contribution in [0.2, 0.25) is 0 Å². The van der Waals surface area contributed by atoms with E-state index in [-0.39, 0.29) is 74.3 Å². The van der Waals surface area contributed by atoms with Gasteiger partial charge in [-0.15, -0.1) is 0 Å². The van der Waals surface area contributed by atoms with Crippen LogP contribution in [-0.2, 0) is 49.4 Å². The van der Waals surface area contributed by atoms with E-state index in [2.05, 4.69) is 32.8 Å². The molecule has 318 valence electrons. The Balaban J connectivity index is 1.62. The molecule has 4 rings (SSSR count). The van der Waals surface area contributed by atoms with Gasteiger partial charge in [-0.25, -0.2) is 4.39 Å². The molecule has 0 spiro atoms. The second kappa shape index (κ2) is 20.2. The highest BCUT2D eigenvalue weighted by molar-refractivity contribution is 5.95. The molecule has 2 unspecified atom stereocenters. The van der Waals surface area contributed by atoms with Gasteiger partial charge >= 0.3 is 12.1 Å². The first-order valence-corrected chi connectivity index (χ1v) is 20.0. The number of aromatic nitrogens is 1. The average Bonchev–Trinajstić information content (AvgIpc) is 3.54. The van der Waals surface area contributed by atoms with E-state index in [0.29, 0.717) is 48.0 Å². The quantitative estimate of drug-likeness (QED) is 0.0538. The Morgan fingerprint density at radius 1 is 0.966 bits per heavy atom. The smallest absolute Gasteiger partial charge is 0.418 e. The number of aromatic amines is 1. The molecule has 0 saturated carbocycles. The van der Waals surface area contributed by atoms with Crippen LogP contribution in [0.15, 0.2) is 54.7 Å². The largest absolute Gasteiger partial charge is 0.465 e. The second-order valence-corrected chi connectivity index (χ2v) is 15.7. The molecule has 0 aliphatic heterocycles. The summed E-state index contributed by atoms with van der Waals surface area (Å²) < 4.78 is 62.1. The number of amides is 3. The van der Waals surface area contributed by atoms with Crippen LogP contribution in [-0.4, -0.2) is 85.0 Å². The summed E-state index contributed by atoms with van der Waals surface area (Å²) >= 11 is 0. The number of nitrogens with zero attached hydrogens (tertiary/aromatic N) is 1. The fraction of sp³-hybridized carbons (Fsp3) is 0.535. The minimum Gasteiger partial charge on any atom is -0.465 e. The molecule has 0 bridgehead atoms. The highest BCUT2D eigenvalue weighted by atomic mass is 19.4. The zero-order valence-corrected chi connectivity index (χ0v) is 34.3. The van der Waals surface area contributed by atoms with E-state index in [0.717, 1.165) is 6.07 Å². The first kappa shape index (κ1) is 45.8. The van der Waals surface area contributed by atoms with Crippen LogP contribution in [0.25, 0.3) is 10.9 Å². The predicted molar refractivity (Wildman–Crippen MR) is 215 cm³/mol. The lowest BCUT2D eigenvalue weighted by Gasteiger charge is -2.41. The summed E-state index contributed by atoms with van der Waals surface area (Å²) in [6, 6.07) is 8.23. The molecule has 5 atom stereocenters.